The molecule has 130 valence electrons. The molecule has 1 amide bonds. The van der Waals surface area contributed by atoms with Crippen LogP contribution in [0.5, 0.6) is 0 Å². The quantitative estimate of drug-likeness (QED) is 0.850. The van der Waals surface area contributed by atoms with Crippen LogP contribution in [0.15, 0.2) is 54.6 Å². The Hall–Kier alpha value is -2.66. The molecule has 0 spiro atoms. The van der Waals surface area contributed by atoms with Crippen molar-refractivity contribution in [2.24, 2.45) is 0 Å². The molecule has 0 bridgehead atoms. The first-order chi connectivity index (χ1) is 12.2. The lowest BCUT2D eigenvalue weighted by Crippen LogP contribution is -2.36. The highest BCUT2D eigenvalue weighted by Gasteiger charge is 2.28. The van der Waals surface area contributed by atoms with Crippen molar-refractivity contribution in [1.82, 2.24) is 5.32 Å². The maximum Gasteiger partial charge on any atom is 0.337 e. The van der Waals surface area contributed by atoms with Gasteiger partial charge in [0, 0.05) is 12.2 Å². The van der Waals surface area contributed by atoms with Crippen molar-refractivity contribution in [3.8, 4) is 0 Å². The van der Waals surface area contributed by atoms with Crippen molar-refractivity contribution in [2.45, 2.75) is 25.0 Å². The second kappa shape index (κ2) is 7.94. The standard InChI is InChI=1S/C20H21NO4/c1-24-20(23)16-11-9-15(10-12-16)19(22)21-18(17-8-5-13-25-17)14-6-3-2-4-7-14/h2-4,6-7,9-12,17-18H,5,8,13H2,1H3,(H,21,22)/t17-,18+/m0/s1. The Bertz CT molecular complexity index is 721. The van der Waals surface area contributed by atoms with Crippen molar-refractivity contribution >= 4 is 11.9 Å². The molecule has 1 fully saturated rings. The summed E-state index contributed by atoms with van der Waals surface area (Å²) in [5, 5.41) is 3.07. The van der Waals surface area contributed by atoms with E-state index in [4.69, 9.17) is 4.74 Å². The number of carbonyl (C=O) groups is 2. The van der Waals surface area contributed by atoms with Gasteiger partial charge in [-0.15, -0.1) is 0 Å². The summed E-state index contributed by atoms with van der Waals surface area (Å²) in [7, 11) is 1.33. The molecule has 3 rings (SSSR count). The van der Waals surface area contributed by atoms with Gasteiger partial charge >= 0.3 is 5.97 Å². The van der Waals surface area contributed by atoms with Crippen LogP contribution in [0.1, 0.15) is 45.2 Å². The van der Waals surface area contributed by atoms with Crippen molar-refractivity contribution in [3.63, 3.8) is 0 Å². The van der Waals surface area contributed by atoms with E-state index in [0.717, 1.165) is 25.0 Å². The van der Waals surface area contributed by atoms with Gasteiger partial charge in [-0.3, -0.25) is 4.79 Å². The van der Waals surface area contributed by atoms with Crippen molar-refractivity contribution < 1.29 is 19.1 Å². The van der Waals surface area contributed by atoms with E-state index in [1.807, 2.05) is 30.3 Å². The number of amides is 1. The molecular formula is C20H21NO4. The summed E-state index contributed by atoms with van der Waals surface area (Å²) in [6.07, 6.45) is 1.89. The molecule has 0 radical (unpaired) electrons. The van der Waals surface area contributed by atoms with E-state index in [2.05, 4.69) is 10.1 Å². The molecule has 0 aliphatic carbocycles. The topological polar surface area (TPSA) is 64.6 Å². The van der Waals surface area contributed by atoms with Gasteiger partial charge in [-0.2, -0.15) is 0 Å². The molecule has 25 heavy (non-hydrogen) atoms. The van der Waals surface area contributed by atoms with Crippen molar-refractivity contribution in [2.75, 3.05) is 13.7 Å². The Morgan fingerprint density at radius 1 is 1.08 bits per heavy atom. The SMILES string of the molecule is COC(=O)c1ccc(C(=O)N[C@H](c2ccccc2)[C@@H]2CCCO2)cc1. The summed E-state index contributed by atoms with van der Waals surface area (Å²) in [6.45, 7) is 0.720. The van der Waals surface area contributed by atoms with Gasteiger partial charge in [0.05, 0.1) is 24.8 Å². The van der Waals surface area contributed by atoms with Gasteiger partial charge in [-0.25, -0.2) is 4.79 Å². The number of methoxy groups -OCH3 is 1. The summed E-state index contributed by atoms with van der Waals surface area (Å²) in [5.74, 6) is -0.616. The first kappa shape index (κ1) is 17.2. The van der Waals surface area contributed by atoms with E-state index in [1.54, 1.807) is 24.3 Å². The highest BCUT2D eigenvalue weighted by atomic mass is 16.5. The van der Waals surface area contributed by atoms with E-state index >= 15 is 0 Å². The minimum Gasteiger partial charge on any atom is -0.465 e. The molecule has 2 aromatic rings. The number of hydrogen-bond donors (Lipinski definition) is 1. The monoisotopic (exact) mass is 339 g/mol. The van der Waals surface area contributed by atoms with Crippen LogP contribution in [0.3, 0.4) is 0 Å². The van der Waals surface area contributed by atoms with Gasteiger partial charge < -0.3 is 14.8 Å². The zero-order valence-corrected chi connectivity index (χ0v) is 14.1. The van der Waals surface area contributed by atoms with Crippen LogP contribution < -0.4 is 5.32 Å². The molecule has 1 aliphatic heterocycles. The fourth-order valence-electron chi connectivity index (χ4n) is 3.02. The fourth-order valence-corrected chi connectivity index (χ4v) is 3.02. The van der Waals surface area contributed by atoms with E-state index in [0.29, 0.717) is 11.1 Å². The average Bonchev–Trinajstić information content (AvgIpc) is 3.20. The predicted molar refractivity (Wildman–Crippen MR) is 93.4 cm³/mol. The molecule has 5 nitrogen and oxygen atoms in total. The average molecular weight is 339 g/mol. The molecule has 1 saturated heterocycles. The predicted octanol–water partition coefficient (Wildman–Crippen LogP) is 3.12. The van der Waals surface area contributed by atoms with E-state index in [-0.39, 0.29) is 18.1 Å². The summed E-state index contributed by atoms with van der Waals surface area (Å²) in [5.41, 5.74) is 1.93. The van der Waals surface area contributed by atoms with Gasteiger partial charge in [0.15, 0.2) is 0 Å². The molecule has 2 atom stereocenters. The molecule has 5 heteroatoms. The van der Waals surface area contributed by atoms with Crippen LogP contribution in [-0.2, 0) is 9.47 Å². The van der Waals surface area contributed by atoms with Gasteiger partial charge in [-0.1, -0.05) is 30.3 Å². The third kappa shape index (κ3) is 4.06. The molecule has 1 N–H and O–H groups in total. The Morgan fingerprint density at radius 2 is 1.76 bits per heavy atom. The number of hydrogen-bond acceptors (Lipinski definition) is 4. The van der Waals surface area contributed by atoms with Crippen LogP contribution >= 0.6 is 0 Å². The third-order valence-electron chi connectivity index (χ3n) is 4.35. The van der Waals surface area contributed by atoms with E-state index in [9.17, 15) is 9.59 Å². The summed E-state index contributed by atoms with van der Waals surface area (Å²) in [6, 6.07) is 16.1. The van der Waals surface area contributed by atoms with Crippen LogP contribution in [0.2, 0.25) is 0 Å². The zero-order valence-electron chi connectivity index (χ0n) is 14.1. The highest BCUT2D eigenvalue weighted by Crippen LogP contribution is 2.27. The second-order valence-electron chi connectivity index (χ2n) is 5.98. The van der Waals surface area contributed by atoms with E-state index < -0.39 is 5.97 Å². The zero-order chi connectivity index (χ0) is 17.6. The van der Waals surface area contributed by atoms with Crippen LogP contribution in [0, 0.1) is 0 Å². The summed E-state index contributed by atoms with van der Waals surface area (Å²) >= 11 is 0. The van der Waals surface area contributed by atoms with Crippen molar-refractivity contribution in [1.29, 1.82) is 0 Å². The molecule has 2 aromatic carbocycles. The Labute approximate surface area is 147 Å². The normalized spacial score (nSPS) is 17.7. The number of rotatable bonds is 5. The first-order valence-corrected chi connectivity index (χ1v) is 8.35. The second-order valence-corrected chi connectivity index (χ2v) is 5.98. The molecule has 0 saturated carbocycles. The van der Waals surface area contributed by atoms with Gasteiger partial charge in [0.2, 0.25) is 0 Å². The van der Waals surface area contributed by atoms with Crippen molar-refractivity contribution in [3.05, 3.63) is 71.3 Å². The molecule has 1 aliphatic rings. The van der Waals surface area contributed by atoms with Crippen LogP contribution in [-0.4, -0.2) is 31.7 Å². The molecular weight excluding hydrogens is 318 g/mol. The minimum atomic E-state index is -0.423. The number of carbonyl (C=O) groups excluding carboxylic acids is 2. The number of esters is 1. The molecule has 1 heterocycles. The molecule has 0 aromatic heterocycles. The lowest BCUT2D eigenvalue weighted by atomic mass is 9.98. The first-order valence-electron chi connectivity index (χ1n) is 8.35. The number of nitrogens with one attached hydrogen (secondary N) is 1. The Kier molecular flexibility index (Phi) is 5.46. The lowest BCUT2D eigenvalue weighted by molar-refractivity contribution is 0.0600. The maximum atomic E-state index is 12.7. The summed E-state index contributed by atoms with van der Waals surface area (Å²) < 4.78 is 10.5. The van der Waals surface area contributed by atoms with Crippen LogP contribution in [0.25, 0.3) is 0 Å². The number of ether oxygens (including phenoxy) is 2. The third-order valence-corrected chi connectivity index (χ3v) is 4.35. The Morgan fingerprint density at radius 3 is 2.36 bits per heavy atom. The van der Waals surface area contributed by atoms with Gasteiger partial charge in [0.1, 0.15) is 0 Å². The van der Waals surface area contributed by atoms with Gasteiger partial charge in [0.25, 0.3) is 5.91 Å². The lowest BCUT2D eigenvalue weighted by Gasteiger charge is -2.24. The van der Waals surface area contributed by atoms with Crippen LogP contribution in [0.4, 0.5) is 0 Å². The fraction of sp³-hybridized carbons (Fsp3) is 0.300. The largest absolute Gasteiger partial charge is 0.465 e. The molecule has 0 unspecified atom stereocenters. The smallest absolute Gasteiger partial charge is 0.337 e. The number of benzene rings is 2. The highest BCUT2D eigenvalue weighted by molar-refractivity contribution is 5.96. The Balaban J connectivity index is 1.77. The van der Waals surface area contributed by atoms with E-state index in [1.165, 1.54) is 7.11 Å². The minimum absolute atomic E-state index is 0.0271. The maximum absolute atomic E-state index is 12.7. The van der Waals surface area contributed by atoms with Gasteiger partial charge in [-0.05, 0) is 42.7 Å². The summed E-state index contributed by atoms with van der Waals surface area (Å²) in [4.78, 5) is 24.1.